The molecule has 0 aromatic heterocycles. The molecular weight excluding hydrogens is 488 g/mol. The lowest BCUT2D eigenvalue weighted by atomic mass is 9.82. The molecule has 0 saturated heterocycles. The maximum absolute atomic E-state index is 14.0. The number of carbonyl (C=O) groups is 2. The molecule has 0 spiro atoms. The molecule has 4 N–H and O–H groups in total. The van der Waals surface area contributed by atoms with Gasteiger partial charge in [0, 0.05) is 6.07 Å². The van der Waals surface area contributed by atoms with Gasteiger partial charge in [0.15, 0.2) is 11.6 Å². The first-order valence-corrected chi connectivity index (χ1v) is 12.0. The highest BCUT2D eigenvalue weighted by molar-refractivity contribution is 6.07. The Hall–Kier alpha value is -4.98. The topological polar surface area (TPSA) is 134 Å². The molecular formula is C30H22O8. The number of carbonyl (C=O) groups excluding carboxylic acids is 2. The fraction of sp³-hybridized carbons (Fsp3) is 0.133. The quantitative estimate of drug-likeness (QED) is 0.271. The zero-order valence-corrected chi connectivity index (χ0v) is 19.9. The Bertz CT molecular complexity index is 1570. The van der Waals surface area contributed by atoms with Gasteiger partial charge in [0.25, 0.3) is 0 Å². The molecule has 2 heterocycles. The molecule has 0 fully saturated rings. The van der Waals surface area contributed by atoms with E-state index < -0.39 is 29.7 Å². The summed E-state index contributed by atoms with van der Waals surface area (Å²) in [4.78, 5) is 27.2. The second-order valence-corrected chi connectivity index (χ2v) is 9.35. The summed E-state index contributed by atoms with van der Waals surface area (Å²) < 4.78 is 12.6. The van der Waals surface area contributed by atoms with Crippen LogP contribution in [-0.2, 0) is 0 Å². The van der Waals surface area contributed by atoms with E-state index in [1.165, 1.54) is 36.4 Å². The van der Waals surface area contributed by atoms with Crippen molar-refractivity contribution in [1.29, 1.82) is 0 Å². The maximum Gasteiger partial charge on any atom is 0.178 e. The number of benzene rings is 4. The summed E-state index contributed by atoms with van der Waals surface area (Å²) in [6.45, 7) is 0. The molecule has 3 atom stereocenters. The second kappa shape index (κ2) is 8.85. The highest BCUT2D eigenvalue weighted by Gasteiger charge is 2.46. The highest BCUT2D eigenvalue weighted by atomic mass is 16.5. The molecule has 0 amide bonds. The summed E-state index contributed by atoms with van der Waals surface area (Å²) in [5.41, 5.74) is 1.97. The van der Waals surface area contributed by atoms with Crippen LogP contribution < -0.4 is 9.47 Å². The van der Waals surface area contributed by atoms with Gasteiger partial charge in [-0.3, -0.25) is 9.59 Å². The lowest BCUT2D eigenvalue weighted by Gasteiger charge is -2.28. The number of phenolic OH excluding ortho intramolecular Hbond substituents is 4. The molecule has 4 aromatic rings. The molecule has 8 nitrogen and oxygen atoms in total. The number of rotatable bonds is 4. The van der Waals surface area contributed by atoms with Crippen LogP contribution in [0.15, 0.2) is 78.9 Å². The zero-order valence-electron chi connectivity index (χ0n) is 19.9. The first kappa shape index (κ1) is 23.4. The Morgan fingerprint density at radius 1 is 0.737 bits per heavy atom. The van der Waals surface area contributed by atoms with Gasteiger partial charge in [-0.25, -0.2) is 0 Å². The predicted octanol–water partition coefficient (Wildman–Crippen LogP) is 5.32. The molecule has 6 rings (SSSR count). The molecule has 8 heteroatoms. The standard InChI is InChI=1S/C30H22O8/c31-17-5-1-15(2-6-17)25-14-23(35)21-11-12-24-26(30(21)38-25)27(28(36)20-10-9-19(33)13-22(20)34)29(37-24)16-3-7-18(32)8-4-16/h1-13,25,27,29,31-34H,14H2/t25?,27-,29-/m0/s1. The van der Waals surface area contributed by atoms with Gasteiger partial charge in [-0.05, 0) is 59.7 Å². The van der Waals surface area contributed by atoms with E-state index in [2.05, 4.69) is 0 Å². The lowest BCUT2D eigenvalue weighted by Crippen LogP contribution is -2.24. The molecule has 2 aliphatic rings. The Morgan fingerprint density at radius 3 is 2.03 bits per heavy atom. The first-order chi connectivity index (χ1) is 18.3. The summed E-state index contributed by atoms with van der Waals surface area (Å²) in [5.74, 6) is -1.53. The van der Waals surface area contributed by atoms with Gasteiger partial charge >= 0.3 is 0 Å². The minimum absolute atomic E-state index is 0.0251. The van der Waals surface area contributed by atoms with Crippen LogP contribution in [-0.4, -0.2) is 32.0 Å². The molecule has 1 unspecified atom stereocenters. The third kappa shape index (κ3) is 3.87. The predicted molar refractivity (Wildman–Crippen MR) is 135 cm³/mol. The van der Waals surface area contributed by atoms with Crippen molar-refractivity contribution < 1.29 is 39.5 Å². The van der Waals surface area contributed by atoms with E-state index in [4.69, 9.17) is 9.47 Å². The number of ketones is 2. The molecule has 0 radical (unpaired) electrons. The first-order valence-electron chi connectivity index (χ1n) is 12.0. The Morgan fingerprint density at radius 2 is 1.37 bits per heavy atom. The smallest absolute Gasteiger partial charge is 0.178 e. The van der Waals surface area contributed by atoms with Crippen molar-refractivity contribution >= 4 is 11.6 Å². The summed E-state index contributed by atoms with van der Waals surface area (Å²) in [6.07, 6.45) is -1.41. The molecule has 2 aliphatic heterocycles. The number of fused-ring (bicyclic) bond motifs is 3. The van der Waals surface area contributed by atoms with Gasteiger partial charge in [0.2, 0.25) is 0 Å². The van der Waals surface area contributed by atoms with Gasteiger partial charge in [-0.15, -0.1) is 0 Å². The van der Waals surface area contributed by atoms with Crippen molar-refractivity contribution in [2.24, 2.45) is 0 Å². The summed E-state index contributed by atoms with van der Waals surface area (Å²) in [6, 6.07) is 19.6. The fourth-order valence-corrected chi connectivity index (χ4v) is 5.11. The number of Topliss-reactive ketones (excluding diaryl/α,β-unsaturated/α-hetero) is 2. The van der Waals surface area contributed by atoms with Crippen LogP contribution in [0.5, 0.6) is 34.5 Å². The number of phenols is 4. The van der Waals surface area contributed by atoms with Crippen LogP contribution in [0.1, 0.15) is 62.0 Å². The van der Waals surface area contributed by atoms with Gasteiger partial charge in [0.05, 0.1) is 29.0 Å². The van der Waals surface area contributed by atoms with Gasteiger partial charge < -0.3 is 29.9 Å². The van der Waals surface area contributed by atoms with Crippen molar-refractivity contribution in [3.05, 3.63) is 107 Å². The Kier molecular flexibility index (Phi) is 5.45. The van der Waals surface area contributed by atoms with E-state index in [-0.39, 0.29) is 40.8 Å². The normalized spacial score (nSPS) is 19.7. The van der Waals surface area contributed by atoms with E-state index >= 15 is 0 Å². The van der Waals surface area contributed by atoms with Crippen molar-refractivity contribution in [2.75, 3.05) is 0 Å². The Balaban J connectivity index is 1.50. The number of hydrogen-bond acceptors (Lipinski definition) is 8. The van der Waals surface area contributed by atoms with E-state index in [1.807, 2.05) is 0 Å². The van der Waals surface area contributed by atoms with Crippen molar-refractivity contribution in [1.82, 2.24) is 0 Å². The molecule has 38 heavy (non-hydrogen) atoms. The SMILES string of the molecule is O=C1CC(c2ccc(O)cc2)Oc2c1ccc1c2[C@@H](C(=O)c2ccc(O)cc2O)[C@H](c2ccc(O)cc2)O1. The van der Waals surface area contributed by atoms with E-state index in [0.29, 0.717) is 28.0 Å². The van der Waals surface area contributed by atoms with E-state index in [1.54, 1.807) is 36.4 Å². The second-order valence-electron chi connectivity index (χ2n) is 9.35. The van der Waals surface area contributed by atoms with Crippen molar-refractivity contribution in [3.63, 3.8) is 0 Å². The van der Waals surface area contributed by atoms with E-state index in [9.17, 15) is 30.0 Å². The van der Waals surface area contributed by atoms with Crippen LogP contribution in [0, 0.1) is 0 Å². The average Bonchev–Trinajstić information content (AvgIpc) is 3.29. The highest BCUT2D eigenvalue weighted by Crippen LogP contribution is 2.55. The third-order valence-electron chi connectivity index (χ3n) is 6.97. The van der Waals surface area contributed by atoms with Gasteiger partial charge in [-0.1, -0.05) is 24.3 Å². The number of ether oxygens (including phenoxy) is 2. The van der Waals surface area contributed by atoms with Crippen LogP contribution in [0.3, 0.4) is 0 Å². The lowest BCUT2D eigenvalue weighted by molar-refractivity contribution is 0.0832. The van der Waals surface area contributed by atoms with Crippen LogP contribution >= 0.6 is 0 Å². The largest absolute Gasteiger partial charge is 0.508 e. The van der Waals surface area contributed by atoms with Crippen LogP contribution in [0.25, 0.3) is 0 Å². The van der Waals surface area contributed by atoms with Crippen molar-refractivity contribution in [3.8, 4) is 34.5 Å². The summed E-state index contributed by atoms with van der Waals surface area (Å²) in [7, 11) is 0. The average molecular weight is 510 g/mol. The molecule has 4 aromatic carbocycles. The van der Waals surface area contributed by atoms with Gasteiger partial charge in [0.1, 0.15) is 46.7 Å². The van der Waals surface area contributed by atoms with Crippen LogP contribution in [0.4, 0.5) is 0 Å². The molecule has 190 valence electrons. The minimum Gasteiger partial charge on any atom is -0.508 e. The van der Waals surface area contributed by atoms with Crippen molar-refractivity contribution in [2.45, 2.75) is 24.5 Å². The van der Waals surface area contributed by atoms with E-state index in [0.717, 1.165) is 6.07 Å². The van der Waals surface area contributed by atoms with Crippen LogP contribution in [0.2, 0.25) is 0 Å². The fourth-order valence-electron chi connectivity index (χ4n) is 5.11. The summed E-state index contributed by atoms with van der Waals surface area (Å²) in [5, 5.41) is 39.7. The molecule has 0 bridgehead atoms. The monoisotopic (exact) mass is 510 g/mol. The maximum atomic E-state index is 14.0. The molecule has 0 aliphatic carbocycles. The molecule has 0 saturated carbocycles. The Labute approximate surface area is 217 Å². The van der Waals surface area contributed by atoms with Gasteiger partial charge in [-0.2, -0.15) is 0 Å². The number of aromatic hydroxyl groups is 4. The minimum atomic E-state index is -1.01. The third-order valence-corrected chi connectivity index (χ3v) is 6.97. The zero-order chi connectivity index (χ0) is 26.6. The number of hydrogen-bond donors (Lipinski definition) is 4. The summed E-state index contributed by atoms with van der Waals surface area (Å²) >= 11 is 0.